The highest BCUT2D eigenvalue weighted by atomic mass is 35.5. The molecule has 0 saturated carbocycles. The predicted octanol–water partition coefficient (Wildman–Crippen LogP) is 4.13. The summed E-state index contributed by atoms with van der Waals surface area (Å²) in [5.41, 5.74) is 3.01. The number of aryl methyl sites for hydroxylation is 2. The molecule has 1 unspecified atom stereocenters. The molecule has 3 rings (SSSR count). The summed E-state index contributed by atoms with van der Waals surface area (Å²) >= 11 is 6.15. The van der Waals surface area contributed by atoms with Crippen molar-refractivity contribution in [2.45, 2.75) is 39.2 Å². The topological polar surface area (TPSA) is 49.4 Å². The van der Waals surface area contributed by atoms with Gasteiger partial charge >= 0.3 is 0 Å². The van der Waals surface area contributed by atoms with E-state index in [1.807, 2.05) is 57.2 Å². The molecule has 4 nitrogen and oxygen atoms in total. The summed E-state index contributed by atoms with van der Waals surface area (Å²) in [6.45, 7) is 6.44. The quantitative estimate of drug-likeness (QED) is 0.879. The molecule has 1 aliphatic rings. The molecule has 0 aromatic heterocycles. The SMILES string of the molecule is Cc1ccc(NC(=O)C2(C)CCN2C(=O)Cc2ccccc2Cl)cc1C. The van der Waals surface area contributed by atoms with Crippen LogP contribution in [0.4, 0.5) is 5.69 Å². The van der Waals surface area contributed by atoms with Crippen LogP contribution in [0.5, 0.6) is 0 Å². The minimum atomic E-state index is -0.822. The van der Waals surface area contributed by atoms with Crippen molar-refractivity contribution in [3.8, 4) is 0 Å². The van der Waals surface area contributed by atoms with Gasteiger partial charge < -0.3 is 10.2 Å². The van der Waals surface area contributed by atoms with Gasteiger partial charge in [0.1, 0.15) is 5.54 Å². The Labute approximate surface area is 159 Å². The third kappa shape index (κ3) is 3.47. The second kappa shape index (κ2) is 7.12. The molecular formula is C21H23ClN2O2. The summed E-state index contributed by atoms with van der Waals surface area (Å²) in [4.78, 5) is 27.2. The molecule has 5 heteroatoms. The van der Waals surface area contributed by atoms with Crippen molar-refractivity contribution in [2.75, 3.05) is 11.9 Å². The van der Waals surface area contributed by atoms with Gasteiger partial charge in [-0.05, 0) is 62.1 Å². The van der Waals surface area contributed by atoms with Crippen molar-refractivity contribution in [3.05, 3.63) is 64.2 Å². The number of benzene rings is 2. The highest BCUT2D eigenvalue weighted by molar-refractivity contribution is 6.31. The van der Waals surface area contributed by atoms with E-state index in [2.05, 4.69) is 5.32 Å². The van der Waals surface area contributed by atoms with Crippen LogP contribution in [0, 0.1) is 13.8 Å². The summed E-state index contributed by atoms with van der Waals surface area (Å²) < 4.78 is 0. The Kier molecular flexibility index (Phi) is 5.05. The largest absolute Gasteiger partial charge is 0.328 e. The molecule has 0 bridgehead atoms. The highest BCUT2D eigenvalue weighted by Gasteiger charge is 2.49. The van der Waals surface area contributed by atoms with Crippen LogP contribution in [-0.4, -0.2) is 28.8 Å². The molecule has 0 radical (unpaired) electrons. The Balaban J connectivity index is 1.70. The van der Waals surface area contributed by atoms with Gasteiger partial charge in [0.2, 0.25) is 11.8 Å². The van der Waals surface area contributed by atoms with Crippen LogP contribution in [0.1, 0.15) is 30.0 Å². The molecular weight excluding hydrogens is 348 g/mol. The second-order valence-corrected chi connectivity index (χ2v) is 7.50. The molecule has 26 heavy (non-hydrogen) atoms. The van der Waals surface area contributed by atoms with Crippen LogP contribution in [0.15, 0.2) is 42.5 Å². The number of carbonyl (C=O) groups excluding carboxylic acids is 2. The second-order valence-electron chi connectivity index (χ2n) is 7.09. The van der Waals surface area contributed by atoms with E-state index in [0.717, 1.165) is 16.8 Å². The zero-order valence-electron chi connectivity index (χ0n) is 15.3. The molecule has 136 valence electrons. The predicted molar refractivity (Wildman–Crippen MR) is 104 cm³/mol. The number of nitrogens with zero attached hydrogens (tertiary/aromatic N) is 1. The van der Waals surface area contributed by atoms with Gasteiger partial charge in [-0.2, -0.15) is 0 Å². The van der Waals surface area contributed by atoms with E-state index in [9.17, 15) is 9.59 Å². The van der Waals surface area contributed by atoms with Gasteiger partial charge in [-0.1, -0.05) is 35.9 Å². The van der Waals surface area contributed by atoms with Gasteiger partial charge in [0.05, 0.1) is 6.42 Å². The fourth-order valence-corrected chi connectivity index (χ4v) is 3.38. The van der Waals surface area contributed by atoms with E-state index in [-0.39, 0.29) is 18.2 Å². The number of nitrogens with one attached hydrogen (secondary N) is 1. The third-order valence-electron chi connectivity index (χ3n) is 5.27. The summed E-state index contributed by atoms with van der Waals surface area (Å²) in [5, 5.41) is 3.53. The molecule has 2 aromatic rings. The molecule has 0 spiro atoms. The van der Waals surface area contributed by atoms with E-state index < -0.39 is 5.54 Å². The van der Waals surface area contributed by atoms with Crippen molar-refractivity contribution >= 4 is 29.1 Å². The van der Waals surface area contributed by atoms with Crippen LogP contribution < -0.4 is 5.32 Å². The minimum absolute atomic E-state index is 0.0814. The van der Waals surface area contributed by atoms with Gasteiger partial charge in [-0.15, -0.1) is 0 Å². The van der Waals surface area contributed by atoms with Gasteiger partial charge in [0.25, 0.3) is 0 Å². The lowest BCUT2D eigenvalue weighted by atomic mass is 9.84. The van der Waals surface area contributed by atoms with E-state index in [0.29, 0.717) is 18.0 Å². The third-order valence-corrected chi connectivity index (χ3v) is 5.64. The number of hydrogen-bond donors (Lipinski definition) is 1. The average Bonchev–Trinajstić information content (AvgIpc) is 2.58. The maximum atomic E-state index is 12.8. The molecule has 1 atom stereocenters. The van der Waals surface area contributed by atoms with Crippen LogP contribution in [0.2, 0.25) is 5.02 Å². The minimum Gasteiger partial charge on any atom is -0.328 e. The first kappa shape index (κ1) is 18.5. The van der Waals surface area contributed by atoms with Crippen LogP contribution >= 0.6 is 11.6 Å². The number of carbonyl (C=O) groups is 2. The zero-order chi connectivity index (χ0) is 18.9. The van der Waals surface area contributed by atoms with Crippen molar-refractivity contribution < 1.29 is 9.59 Å². The molecule has 0 aliphatic carbocycles. The van der Waals surface area contributed by atoms with Crippen LogP contribution in [0.25, 0.3) is 0 Å². The highest BCUT2D eigenvalue weighted by Crippen LogP contribution is 2.33. The summed E-state index contributed by atoms with van der Waals surface area (Å²) in [7, 11) is 0. The number of likely N-dealkylation sites (tertiary alicyclic amines) is 1. The molecule has 1 N–H and O–H groups in total. The Morgan fingerprint density at radius 1 is 1.15 bits per heavy atom. The standard InChI is InChI=1S/C21H23ClN2O2/c1-14-8-9-17(12-15(14)2)23-20(26)21(3)10-11-24(21)19(25)13-16-6-4-5-7-18(16)22/h4-9,12H,10-11,13H2,1-3H3,(H,23,26). The number of amides is 2. The lowest BCUT2D eigenvalue weighted by Gasteiger charge is -2.49. The Morgan fingerprint density at radius 2 is 1.88 bits per heavy atom. The van der Waals surface area contributed by atoms with Crippen molar-refractivity contribution in [2.24, 2.45) is 0 Å². The Morgan fingerprint density at radius 3 is 2.50 bits per heavy atom. The van der Waals surface area contributed by atoms with E-state index in [1.54, 1.807) is 11.0 Å². The van der Waals surface area contributed by atoms with Crippen molar-refractivity contribution in [3.63, 3.8) is 0 Å². The fraction of sp³-hybridized carbons (Fsp3) is 0.333. The normalized spacial score (nSPS) is 19.0. The summed E-state index contributed by atoms with van der Waals surface area (Å²) in [6.07, 6.45) is 0.851. The molecule has 1 heterocycles. The van der Waals surface area contributed by atoms with E-state index in [1.165, 1.54) is 5.56 Å². The monoisotopic (exact) mass is 370 g/mol. The summed E-state index contributed by atoms with van der Waals surface area (Å²) in [5.74, 6) is -0.235. The fourth-order valence-electron chi connectivity index (χ4n) is 3.18. The Bertz CT molecular complexity index is 865. The van der Waals surface area contributed by atoms with Gasteiger partial charge in [-0.3, -0.25) is 9.59 Å². The number of anilines is 1. The van der Waals surface area contributed by atoms with Crippen LogP contribution in [0.3, 0.4) is 0 Å². The van der Waals surface area contributed by atoms with Gasteiger partial charge in [0.15, 0.2) is 0 Å². The Hall–Kier alpha value is -2.33. The number of rotatable bonds is 4. The number of hydrogen-bond acceptors (Lipinski definition) is 2. The van der Waals surface area contributed by atoms with E-state index >= 15 is 0 Å². The first-order chi connectivity index (χ1) is 12.3. The molecule has 1 saturated heterocycles. The maximum Gasteiger partial charge on any atom is 0.250 e. The molecule has 2 amide bonds. The van der Waals surface area contributed by atoms with Gasteiger partial charge in [0, 0.05) is 17.3 Å². The zero-order valence-corrected chi connectivity index (χ0v) is 16.1. The van der Waals surface area contributed by atoms with E-state index in [4.69, 9.17) is 11.6 Å². The lowest BCUT2D eigenvalue weighted by Crippen LogP contribution is -2.66. The maximum absolute atomic E-state index is 12.8. The summed E-state index contributed by atoms with van der Waals surface area (Å²) in [6, 6.07) is 13.1. The molecule has 1 fully saturated rings. The molecule has 1 aliphatic heterocycles. The number of halogens is 1. The van der Waals surface area contributed by atoms with Crippen molar-refractivity contribution in [1.82, 2.24) is 4.90 Å². The van der Waals surface area contributed by atoms with Crippen LogP contribution in [-0.2, 0) is 16.0 Å². The lowest BCUT2D eigenvalue weighted by molar-refractivity contribution is -0.154. The average molecular weight is 371 g/mol. The van der Waals surface area contributed by atoms with Gasteiger partial charge in [-0.25, -0.2) is 0 Å². The first-order valence-corrected chi connectivity index (χ1v) is 9.11. The smallest absolute Gasteiger partial charge is 0.250 e. The molecule has 2 aromatic carbocycles. The first-order valence-electron chi connectivity index (χ1n) is 8.74. The van der Waals surface area contributed by atoms with Crippen molar-refractivity contribution in [1.29, 1.82) is 0 Å².